The third-order valence-corrected chi connectivity index (χ3v) is 4.26. The van der Waals surface area contributed by atoms with Crippen molar-refractivity contribution in [3.05, 3.63) is 84.2 Å². The number of nitrogens with one attached hydrogen (secondary N) is 2. The molecule has 2 N–H and O–H groups in total. The summed E-state index contributed by atoms with van der Waals surface area (Å²) >= 11 is 0. The number of pyridine rings is 1. The van der Waals surface area contributed by atoms with Crippen molar-refractivity contribution in [1.82, 2.24) is 10.3 Å². The highest BCUT2D eigenvalue weighted by molar-refractivity contribution is 6.05. The third kappa shape index (κ3) is 4.54. The van der Waals surface area contributed by atoms with Crippen molar-refractivity contribution in [1.29, 1.82) is 0 Å². The maximum absolute atomic E-state index is 12.5. The van der Waals surface area contributed by atoms with Crippen LogP contribution in [0.15, 0.2) is 72.9 Å². The van der Waals surface area contributed by atoms with Crippen LogP contribution < -0.4 is 15.4 Å². The molecule has 0 saturated heterocycles. The quantitative estimate of drug-likeness (QED) is 0.684. The Kier molecular flexibility index (Phi) is 5.01. The molecule has 1 aromatic heterocycles. The first-order valence-electron chi connectivity index (χ1n) is 9.08. The van der Waals surface area contributed by atoms with E-state index in [4.69, 9.17) is 4.74 Å². The standard InChI is InChI=1S/C22H19N3O3/c26-21(15-12-13-23-20(14-15)22(27)25-16-6-7-16)24-17-8-10-19(11-9-17)28-18-4-2-1-3-5-18/h1-5,8-14,16H,6-7H2,(H,24,26)(H,25,27). The number of hydrogen-bond acceptors (Lipinski definition) is 4. The second-order valence-electron chi connectivity index (χ2n) is 6.57. The molecule has 6 heteroatoms. The molecule has 1 fully saturated rings. The fourth-order valence-electron chi connectivity index (χ4n) is 2.62. The van der Waals surface area contributed by atoms with E-state index < -0.39 is 0 Å². The molecule has 0 radical (unpaired) electrons. The zero-order chi connectivity index (χ0) is 19.3. The fourth-order valence-corrected chi connectivity index (χ4v) is 2.62. The van der Waals surface area contributed by atoms with Gasteiger partial charge in [-0.3, -0.25) is 14.6 Å². The molecule has 6 nitrogen and oxygen atoms in total. The van der Waals surface area contributed by atoms with Crippen LogP contribution in [0.25, 0.3) is 0 Å². The summed E-state index contributed by atoms with van der Waals surface area (Å²) in [7, 11) is 0. The van der Waals surface area contributed by atoms with Gasteiger partial charge in [0.1, 0.15) is 17.2 Å². The summed E-state index contributed by atoms with van der Waals surface area (Å²) in [6, 6.07) is 19.9. The zero-order valence-corrected chi connectivity index (χ0v) is 15.1. The van der Waals surface area contributed by atoms with Gasteiger partial charge >= 0.3 is 0 Å². The smallest absolute Gasteiger partial charge is 0.270 e. The topological polar surface area (TPSA) is 80.3 Å². The van der Waals surface area contributed by atoms with E-state index in [9.17, 15) is 9.59 Å². The number of amides is 2. The molecule has 1 aliphatic carbocycles. The van der Waals surface area contributed by atoms with E-state index in [-0.39, 0.29) is 23.6 Å². The Morgan fingerprint density at radius 2 is 1.61 bits per heavy atom. The number of aromatic nitrogens is 1. The van der Waals surface area contributed by atoms with Crippen molar-refractivity contribution in [2.75, 3.05) is 5.32 Å². The van der Waals surface area contributed by atoms with Gasteiger partial charge in [-0.25, -0.2) is 0 Å². The Hall–Kier alpha value is -3.67. The van der Waals surface area contributed by atoms with Crippen LogP contribution in [0, 0.1) is 0 Å². The molecule has 0 aliphatic heterocycles. The van der Waals surface area contributed by atoms with Gasteiger partial charge in [0.15, 0.2) is 0 Å². The molecular weight excluding hydrogens is 354 g/mol. The maximum atomic E-state index is 12.5. The summed E-state index contributed by atoms with van der Waals surface area (Å²) in [6.07, 6.45) is 3.46. The van der Waals surface area contributed by atoms with Gasteiger partial charge in [-0.1, -0.05) is 18.2 Å². The molecule has 1 heterocycles. The average molecular weight is 373 g/mol. The first-order chi connectivity index (χ1) is 13.7. The Bertz CT molecular complexity index is 983. The lowest BCUT2D eigenvalue weighted by Crippen LogP contribution is -2.26. The minimum Gasteiger partial charge on any atom is -0.457 e. The number of rotatable bonds is 6. The van der Waals surface area contributed by atoms with Crippen molar-refractivity contribution in [3.63, 3.8) is 0 Å². The van der Waals surface area contributed by atoms with Gasteiger partial charge in [-0.2, -0.15) is 0 Å². The summed E-state index contributed by atoms with van der Waals surface area (Å²) in [5, 5.41) is 5.68. The van der Waals surface area contributed by atoms with Crippen molar-refractivity contribution in [3.8, 4) is 11.5 Å². The molecule has 0 atom stereocenters. The summed E-state index contributed by atoms with van der Waals surface area (Å²) in [4.78, 5) is 28.6. The Morgan fingerprint density at radius 1 is 0.893 bits per heavy atom. The van der Waals surface area contributed by atoms with E-state index in [2.05, 4.69) is 15.6 Å². The first kappa shape index (κ1) is 17.7. The predicted molar refractivity (Wildman–Crippen MR) is 106 cm³/mol. The first-order valence-corrected chi connectivity index (χ1v) is 9.08. The third-order valence-electron chi connectivity index (χ3n) is 4.26. The summed E-state index contributed by atoms with van der Waals surface area (Å²) < 4.78 is 5.74. The van der Waals surface area contributed by atoms with Gasteiger partial charge in [-0.15, -0.1) is 0 Å². The number of carbonyl (C=O) groups is 2. The SMILES string of the molecule is O=C(Nc1ccc(Oc2ccccc2)cc1)c1ccnc(C(=O)NC2CC2)c1. The number of hydrogen-bond donors (Lipinski definition) is 2. The number of carbonyl (C=O) groups excluding carboxylic acids is 2. The second kappa shape index (κ2) is 7.92. The highest BCUT2D eigenvalue weighted by Crippen LogP contribution is 2.23. The Balaban J connectivity index is 1.39. The van der Waals surface area contributed by atoms with Gasteiger partial charge in [0.25, 0.3) is 11.8 Å². The number of anilines is 1. The molecule has 1 saturated carbocycles. The van der Waals surface area contributed by atoms with E-state index in [1.165, 1.54) is 12.3 Å². The second-order valence-corrected chi connectivity index (χ2v) is 6.57. The number of ether oxygens (including phenoxy) is 1. The number of nitrogens with zero attached hydrogens (tertiary/aromatic N) is 1. The normalized spacial score (nSPS) is 12.9. The minimum absolute atomic E-state index is 0.239. The average Bonchev–Trinajstić information content (AvgIpc) is 3.54. The molecule has 3 aromatic rings. The van der Waals surface area contributed by atoms with Crippen molar-refractivity contribution >= 4 is 17.5 Å². The largest absolute Gasteiger partial charge is 0.457 e. The Morgan fingerprint density at radius 3 is 2.32 bits per heavy atom. The van der Waals surface area contributed by atoms with Crippen LogP contribution in [0.3, 0.4) is 0 Å². The van der Waals surface area contributed by atoms with E-state index in [0.29, 0.717) is 17.0 Å². The summed E-state index contributed by atoms with van der Waals surface area (Å²) in [5.41, 5.74) is 1.25. The van der Waals surface area contributed by atoms with Crippen LogP contribution in [-0.4, -0.2) is 22.8 Å². The van der Waals surface area contributed by atoms with Gasteiger partial charge in [0.05, 0.1) is 0 Å². The number of benzene rings is 2. The monoisotopic (exact) mass is 373 g/mol. The van der Waals surface area contributed by atoms with Crippen LogP contribution in [-0.2, 0) is 0 Å². The summed E-state index contributed by atoms with van der Waals surface area (Å²) in [6.45, 7) is 0. The van der Waals surface area contributed by atoms with Crippen molar-refractivity contribution in [2.24, 2.45) is 0 Å². The molecule has 0 unspecified atom stereocenters. The van der Waals surface area contributed by atoms with Crippen LogP contribution in [0.1, 0.15) is 33.7 Å². The van der Waals surface area contributed by atoms with Crippen LogP contribution in [0.2, 0.25) is 0 Å². The lowest BCUT2D eigenvalue weighted by atomic mass is 10.2. The molecule has 4 rings (SSSR count). The van der Waals surface area contributed by atoms with Crippen LogP contribution >= 0.6 is 0 Å². The molecule has 28 heavy (non-hydrogen) atoms. The highest BCUT2D eigenvalue weighted by atomic mass is 16.5. The highest BCUT2D eigenvalue weighted by Gasteiger charge is 2.24. The predicted octanol–water partition coefficient (Wildman–Crippen LogP) is 4.02. The molecule has 0 spiro atoms. The van der Waals surface area contributed by atoms with Gasteiger partial charge in [0, 0.05) is 23.5 Å². The van der Waals surface area contributed by atoms with E-state index in [1.807, 2.05) is 30.3 Å². The minimum atomic E-state index is -0.306. The van der Waals surface area contributed by atoms with Crippen LogP contribution in [0.4, 0.5) is 5.69 Å². The van der Waals surface area contributed by atoms with Crippen LogP contribution in [0.5, 0.6) is 11.5 Å². The van der Waals surface area contributed by atoms with Gasteiger partial charge in [0.2, 0.25) is 0 Å². The van der Waals surface area contributed by atoms with E-state index in [1.54, 1.807) is 30.3 Å². The van der Waals surface area contributed by atoms with Gasteiger partial charge < -0.3 is 15.4 Å². The van der Waals surface area contributed by atoms with E-state index >= 15 is 0 Å². The van der Waals surface area contributed by atoms with Crippen molar-refractivity contribution in [2.45, 2.75) is 18.9 Å². The fraction of sp³-hybridized carbons (Fsp3) is 0.136. The molecular formula is C22H19N3O3. The molecule has 2 aromatic carbocycles. The van der Waals surface area contributed by atoms with Crippen molar-refractivity contribution < 1.29 is 14.3 Å². The summed E-state index contributed by atoms with van der Waals surface area (Å²) in [5.74, 6) is 0.861. The van der Waals surface area contributed by atoms with E-state index in [0.717, 1.165) is 18.6 Å². The maximum Gasteiger partial charge on any atom is 0.270 e. The molecule has 2 amide bonds. The molecule has 1 aliphatic rings. The lowest BCUT2D eigenvalue weighted by Gasteiger charge is -2.09. The van der Waals surface area contributed by atoms with Gasteiger partial charge in [-0.05, 0) is 61.4 Å². The zero-order valence-electron chi connectivity index (χ0n) is 15.1. The molecule has 0 bridgehead atoms. The number of para-hydroxylation sites is 1. The Labute approximate surface area is 162 Å². The molecule has 140 valence electrons. The lowest BCUT2D eigenvalue weighted by molar-refractivity contribution is 0.0946.